The smallest absolute Gasteiger partial charge is 0.416 e. The lowest BCUT2D eigenvalue weighted by molar-refractivity contribution is -0.143. The number of carbonyl (C=O) groups excluding carboxylic acids is 1. The van der Waals surface area contributed by atoms with Crippen LogP contribution in [0.25, 0.3) is 0 Å². The van der Waals surface area contributed by atoms with Crippen molar-refractivity contribution in [3.63, 3.8) is 0 Å². The molecule has 0 bridgehead atoms. The zero-order valence-corrected chi connectivity index (χ0v) is 13.8. The van der Waals surface area contributed by atoms with Crippen LogP contribution in [-0.2, 0) is 28.4 Å². The summed E-state index contributed by atoms with van der Waals surface area (Å²) in [4.78, 5) is 23.1. The molecule has 0 spiro atoms. The molecule has 0 saturated carbocycles. The summed E-state index contributed by atoms with van der Waals surface area (Å²) in [6, 6.07) is -0.456. The molecule has 1 aromatic carbocycles. The Morgan fingerprint density at radius 1 is 1.04 bits per heavy atom. The molecule has 0 saturated heterocycles. The highest BCUT2D eigenvalue weighted by Crippen LogP contribution is 2.36. The molecule has 0 fully saturated rings. The Bertz CT molecular complexity index is 637. The molecule has 146 valence electrons. The van der Waals surface area contributed by atoms with E-state index in [9.17, 15) is 35.9 Å². The predicted molar refractivity (Wildman–Crippen MR) is 79.2 cm³/mol. The number of nitrogens with one attached hydrogen (secondary N) is 1. The van der Waals surface area contributed by atoms with E-state index in [1.807, 2.05) is 0 Å². The van der Waals surface area contributed by atoms with E-state index < -0.39 is 59.3 Å². The summed E-state index contributed by atoms with van der Waals surface area (Å²) in [5.41, 5.74) is -3.59. The fraction of sp³-hybridized carbons (Fsp3) is 0.500. The molecule has 0 aromatic heterocycles. The number of hydrogen-bond donors (Lipinski definition) is 2. The first-order chi connectivity index (χ1) is 11.8. The molecule has 2 N–H and O–H groups in total. The first-order valence-corrected chi connectivity index (χ1v) is 7.56. The van der Waals surface area contributed by atoms with Crippen LogP contribution in [0.3, 0.4) is 0 Å². The van der Waals surface area contributed by atoms with Crippen molar-refractivity contribution in [2.75, 3.05) is 0 Å². The molecule has 26 heavy (non-hydrogen) atoms. The number of hydrogen-bond acceptors (Lipinski definition) is 2. The fourth-order valence-electron chi connectivity index (χ4n) is 2.21. The number of amides is 1. The normalized spacial score (nSPS) is 14.6. The average molecular weight is 385 g/mol. The zero-order chi connectivity index (χ0) is 20.3. The van der Waals surface area contributed by atoms with Crippen LogP contribution in [0.15, 0.2) is 18.2 Å². The minimum atomic E-state index is -5.02. The minimum Gasteiger partial charge on any atom is -0.480 e. The van der Waals surface area contributed by atoms with Gasteiger partial charge in [0, 0.05) is 0 Å². The second-order valence-electron chi connectivity index (χ2n) is 5.86. The second-order valence-corrected chi connectivity index (χ2v) is 5.86. The molecule has 0 aliphatic rings. The highest BCUT2D eigenvalue weighted by Gasteiger charge is 2.37. The van der Waals surface area contributed by atoms with Crippen LogP contribution < -0.4 is 5.32 Å². The SMILES string of the molecule is CC[C@H](C)[C@H](NC(=O)Cc1cc(C(F)(F)F)cc(C(F)(F)F)c1)C(=O)O. The summed E-state index contributed by atoms with van der Waals surface area (Å²) < 4.78 is 76.8. The Morgan fingerprint density at radius 3 is 1.85 bits per heavy atom. The van der Waals surface area contributed by atoms with Gasteiger partial charge in [-0.05, 0) is 29.7 Å². The topological polar surface area (TPSA) is 66.4 Å². The maximum Gasteiger partial charge on any atom is 0.416 e. The largest absolute Gasteiger partial charge is 0.480 e. The molecular formula is C16H17F6NO3. The molecule has 4 nitrogen and oxygen atoms in total. The predicted octanol–water partition coefficient (Wildman–Crippen LogP) is 3.88. The zero-order valence-electron chi connectivity index (χ0n) is 13.8. The van der Waals surface area contributed by atoms with Crippen molar-refractivity contribution in [2.24, 2.45) is 5.92 Å². The number of carboxylic acids is 1. The van der Waals surface area contributed by atoms with E-state index in [2.05, 4.69) is 5.32 Å². The van der Waals surface area contributed by atoms with E-state index in [0.717, 1.165) is 0 Å². The Hall–Kier alpha value is -2.26. The van der Waals surface area contributed by atoms with Crippen molar-refractivity contribution < 1.29 is 41.0 Å². The van der Waals surface area contributed by atoms with E-state index >= 15 is 0 Å². The molecule has 1 rings (SSSR count). The van der Waals surface area contributed by atoms with Crippen molar-refractivity contribution in [3.05, 3.63) is 34.9 Å². The van der Waals surface area contributed by atoms with Gasteiger partial charge in [-0.1, -0.05) is 20.3 Å². The van der Waals surface area contributed by atoms with E-state index in [0.29, 0.717) is 18.6 Å². The van der Waals surface area contributed by atoms with Gasteiger partial charge in [0.05, 0.1) is 17.5 Å². The summed E-state index contributed by atoms with van der Waals surface area (Å²) in [6.45, 7) is 3.22. The molecule has 1 amide bonds. The van der Waals surface area contributed by atoms with Gasteiger partial charge in [0.25, 0.3) is 0 Å². The second kappa shape index (κ2) is 7.96. The van der Waals surface area contributed by atoms with Gasteiger partial charge in [0.2, 0.25) is 5.91 Å². The summed E-state index contributed by atoms with van der Waals surface area (Å²) >= 11 is 0. The van der Waals surface area contributed by atoms with Crippen LogP contribution in [-0.4, -0.2) is 23.0 Å². The van der Waals surface area contributed by atoms with Gasteiger partial charge in [0.15, 0.2) is 0 Å². The van der Waals surface area contributed by atoms with E-state index in [1.165, 1.54) is 0 Å². The third kappa shape index (κ3) is 5.92. The Morgan fingerprint density at radius 2 is 1.50 bits per heavy atom. The van der Waals surface area contributed by atoms with Crippen molar-refractivity contribution in [2.45, 2.75) is 45.1 Å². The van der Waals surface area contributed by atoms with Gasteiger partial charge >= 0.3 is 18.3 Å². The average Bonchev–Trinajstić information content (AvgIpc) is 2.49. The molecule has 0 aliphatic heterocycles. The van der Waals surface area contributed by atoms with Crippen molar-refractivity contribution in [1.82, 2.24) is 5.32 Å². The summed E-state index contributed by atoms with van der Waals surface area (Å²) in [7, 11) is 0. The van der Waals surface area contributed by atoms with E-state index in [-0.39, 0.29) is 6.07 Å². The first-order valence-electron chi connectivity index (χ1n) is 7.56. The quantitative estimate of drug-likeness (QED) is 0.731. The number of alkyl halides is 6. The maximum atomic E-state index is 12.8. The molecule has 0 radical (unpaired) electrons. The van der Waals surface area contributed by atoms with Crippen LogP contribution in [0.5, 0.6) is 0 Å². The third-order valence-corrected chi connectivity index (χ3v) is 3.81. The summed E-state index contributed by atoms with van der Waals surface area (Å²) in [5, 5.41) is 11.2. The number of benzene rings is 1. The highest BCUT2D eigenvalue weighted by atomic mass is 19.4. The number of halogens is 6. The Labute approximate surface area is 145 Å². The van der Waals surface area contributed by atoms with Gasteiger partial charge < -0.3 is 10.4 Å². The molecule has 1 aromatic rings. The van der Waals surface area contributed by atoms with Gasteiger partial charge in [-0.15, -0.1) is 0 Å². The monoisotopic (exact) mass is 385 g/mol. The molecule has 0 aliphatic carbocycles. The lowest BCUT2D eigenvalue weighted by atomic mass is 9.98. The molecular weight excluding hydrogens is 368 g/mol. The third-order valence-electron chi connectivity index (χ3n) is 3.81. The van der Waals surface area contributed by atoms with Gasteiger partial charge in [-0.3, -0.25) is 4.79 Å². The van der Waals surface area contributed by atoms with Gasteiger partial charge in [-0.2, -0.15) is 26.3 Å². The van der Waals surface area contributed by atoms with E-state index in [4.69, 9.17) is 5.11 Å². The van der Waals surface area contributed by atoms with E-state index in [1.54, 1.807) is 13.8 Å². The summed E-state index contributed by atoms with van der Waals surface area (Å²) in [5.74, 6) is -2.79. The van der Waals surface area contributed by atoms with Gasteiger partial charge in [-0.25, -0.2) is 4.79 Å². The standard InChI is InChI=1S/C16H17F6NO3/c1-3-8(2)13(14(25)26)23-12(24)6-9-4-10(15(17,18)19)7-11(5-9)16(20,21)22/h4-5,7-8,13H,3,6H2,1-2H3,(H,23,24)(H,25,26)/t8-,13-/m0/s1. The van der Waals surface area contributed by atoms with Crippen LogP contribution in [0, 0.1) is 5.92 Å². The number of carbonyl (C=O) groups is 2. The number of aliphatic carboxylic acids is 1. The molecule has 10 heteroatoms. The van der Waals surface area contributed by atoms with Crippen molar-refractivity contribution >= 4 is 11.9 Å². The maximum absolute atomic E-state index is 12.8. The lowest BCUT2D eigenvalue weighted by Gasteiger charge is -2.20. The minimum absolute atomic E-state index is 0.0411. The van der Waals surface area contributed by atoms with Gasteiger partial charge in [0.1, 0.15) is 6.04 Å². The Balaban J connectivity index is 3.11. The van der Waals surface area contributed by atoms with Crippen molar-refractivity contribution in [3.8, 4) is 0 Å². The fourth-order valence-corrected chi connectivity index (χ4v) is 2.21. The highest BCUT2D eigenvalue weighted by molar-refractivity contribution is 5.85. The van der Waals surface area contributed by atoms with Crippen LogP contribution in [0.2, 0.25) is 0 Å². The van der Waals surface area contributed by atoms with Crippen LogP contribution in [0.1, 0.15) is 37.0 Å². The molecule has 0 heterocycles. The lowest BCUT2D eigenvalue weighted by Crippen LogP contribution is -2.45. The number of carboxylic acid groups (broad SMARTS) is 1. The van der Waals surface area contributed by atoms with Crippen LogP contribution >= 0.6 is 0 Å². The summed E-state index contributed by atoms with van der Waals surface area (Å²) in [6.07, 6.45) is -10.5. The number of rotatable bonds is 6. The molecule has 0 unspecified atom stereocenters. The Kier molecular flexibility index (Phi) is 6.67. The molecule has 2 atom stereocenters. The van der Waals surface area contributed by atoms with Crippen LogP contribution in [0.4, 0.5) is 26.3 Å². The first kappa shape index (κ1) is 21.8. The van der Waals surface area contributed by atoms with Crippen molar-refractivity contribution in [1.29, 1.82) is 0 Å².